The summed E-state index contributed by atoms with van der Waals surface area (Å²) < 4.78 is 41.9. The van der Waals surface area contributed by atoms with Crippen LogP contribution in [0.5, 0.6) is 0 Å². The molecule has 4 aromatic rings. The largest absolute Gasteiger partial charge is 0.416 e. The Kier molecular flexibility index (Phi) is 5.59. The summed E-state index contributed by atoms with van der Waals surface area (Å²) in [4.78, 5) is 46.1. The van der Waals surface area contributed by atoms with Gasteiger partial charge in [-0.3, -0.25) is 18.7 Å². The number of alkyl halides is 3. The smallest absolute Gasteiger partial charge is 0.312 e. The van der Waals surface area contributed by atoms with Gasteiger partial charge in [-0.1, -0.05) is 18.2 Å². The average Bonchev–Trinajstić information content (AvgIpc) is 3.26. The van der Waals surface area contributed by atoms with Crippen LogP contribution in [0.25, 0.3) is 22.4 Å². The summed E-state index contributed by atoms with van der Waals surface area (Å²) >= 11 is 0. The number of aromatic nitrogens is 5. The van der Waals surface area contributed by atoms with E-state index in [9.17, 15) is 27.6 Å². The molecule has 1 N–H and O–H groups in total. The van der Waals surface area contributed by atoms with E-state index in [2.05, 4.69) is 15.3 Å². The molecule has 3 heterocycles. The van der Waals surface area contributed by atoms with Crippen LogP contribution >= 0.6 is 0 Å². The normalized spacial score (nSPS) is 12.6. The van der Waals surface area contributed by atoms with Crippen molar-refractivity contribution in [2.45, 2.75) is 19.1 Å². The van der Waals surface area contributed by atoms with Gasteiger partial charge < -0.3 is 9.88 Å². The van der Waals surface area contributed by atoms with Crippen molar-refractivity contribution in [3.05, 3.63) is 75.2 Å². The lowest BCUT2D eigenvalue weighted by atomic mass is 10.1. The van der Waals surface area contributed by atoms with Gasteiger partial charge in [0.05, 0.1) is 17.6 Å². The first-order valence-corrected chi connectivity index (χ1v) is 10.1. The van der Waals surface area contributed by atoms with E-state index in [4.69, 9.17) is 0 Å². The van der Waals surface area contributed by atoms with Crippen LogP contribution in [0.2, 0.25) is 0 Å². The first-order valence-electron chi connectivity index (χ1n) is 10.1. The zero-order valence-electron chi connectivity index (χ0n) is 18.3. The summed E-state index contributed by atoms with van der Waals surface area (Å²) in [6.07, 6.45) is -3.13. The third kappa shape index (κ3) is 3.98. The lowest BCUT2D eigenvalue weighted by Crippen LogP contribution is -2.38. The number of rotatable bonds is 4. The Balaban J connectivity index is 1.61. The van der Waals surface area contributed by atoms with Gasteiger partial charge in [0.2, 0.25) is 5.91 Å². The van der Waals surface area contributed by atoms with Crippen molar-refractivity contribution in [2.75, 3.05) is 5.32 Å². The third-order valence-electron chi connectivity index (χ3n) is 5.48. The molecule has 9 nitrogen and oxygen atoms in total. The number of hydrogen-bond acceptors (Lipinski definition) is 5. The molecule has 34 heavy (non-hydrogen) atoms. The highest BCUT2D eigenvalue weighted by Gasteiger charge is 2.30. The van der Waals surface area contributed by atoms with Gasteiger partial charge >= 0.3 is 11.9 Å². The Bertz CT molecular complexity index is 1520. The first kappa shape index (κ1) is 23.0. The fraction of sp³-hybridized carbons (Fsp3) is 0.227. The molecular weight excluding hydrogens is 453 g/mol. The number of hydrogen-bond donors (Lipinski definition) is 1. The summed E-state index contributed by atoms with van der Waals surface area (Å²) in [5, 5.41) is 2.64. The maximum absolute atomic E-state index is 12.9. The van der Waals surface area contributed by atoms with Gasteiger partial charge in [0.15, 0.2) is 11.2 Å². The van der Waals surface area contributed by atoms with Crippen molar-refractivity contribution in [3.8, 4) is 11.3 Å². The molecule has 0 aliphatic carbocycles. The number of pyridine rings is 1. The molecule has 3 aromatic heterocycles. The predicted molar refractivity (Wildman–Crippen MR) is 118 cm³/mol. The lowest BCUT2D eigenvalue weighted by molar-refractivity contribution is -0.137. The van der Waals surface area contributed by atoms with Crippen LogP contribution in [0.4, 0.5) is 19.0 Å². The van der Waals surface area contributed by atoms with E-state index >= 15 is 0 Å². The molecule has 0 radical (unpaired) electrons. The monoisotopic (exact) mass is 472 g/mol. The van der Waals surface area contributed by atoms with Gasteiger partial charge in [-0.15, -0.1) is 0 Å². The number of nitrogens with one attached hydrogen (secondary N) is 1. The van der Waals surface area contributed by atoms with Crippen molar-refractivity contribution in [2.24, 2.45) is 14.1 Å². The zero-order chi connectivity index (χ0) is 24.8. The molecule has 1 unspecified atom stereocenters. The third-order valence-corrected chi connectivity index (χ3v) is 5.48. The number of carbonyl (C=O) groups is 1. The van der Waals surface area contributed by atoms with E-state index in [1.807, 2.05) is 0 Å². The number of fused-ring (bicyclic) bond motifs is 1. The number of amides is 1. The second-order valence-electron chi connectivity index (χ2n) is 7.68. The van der Waals surface area contributed by atoms with Crippen LogP contribution in [0, 0.1) is 0 Å². The topological polar surface area (TPSA) is 104 Å². The van der Waals surface area contributed by atoms with Crippen molar-refractivity contribution in [3.63, 3.8) is 0 Å². The Morgan fingerprint density at radius 2 is 1.71 bits per heavy atom. The fourth-order valence-electron chi connectivity index (χ4n) is 3.51. The number of halogens is 3. The highest BCUT2D eigenvalue weighted by molar-refractivity contribution is 5.93. The first-order chi connectivity index (χ1) is 16.0. The second-order valence-corrected chi connectivity index (χ2v) is 7.68. The van der Waals surface area contributed by atoms with Gasteiger partial charge in [0, 0.05) is 19.7 Å². The van der Waals surface area contributed by atoms with E-state index in [1.165, 1.54) is 47.8 Å². The van der Waals surface area contributed by atoms with Crippen LogP contribution < -0.4 is 16.6 Å². The molecule has 0 saturated carbocycles. The van der Waals surface area contributed by atoms with Gasteiger partial charge in [-0.25, -0.2) is 14.8 Å². The van der Waals surface area contributed by atoms with Gasteiger partial charge in [0.25, 0.3) is 5.56 Å². The molecule has 0 spiro atoms. The highest BCUT2D eigenvalue weighted by Crippen LogP contribution is 2.30. The molecule has 176 valence electrons. The number of benzene rings is 1. The van der Waals surface area contributed by atoms with Crippen LogP contribution in [-0.2, 0) is 25.1 Å². The fourth-order valence-corrected chi connectivity index (χ4v) is 3.51. The Labute approximate surface area is 190 Å². The molecular formula is C22H19F3N6O3. The van der Waals surface area contributed by atoms with Crippen molar-refractivity contribution in [1.29, 1.82) is 0 Å². The van der Waals surface area contributed by atoms with E-state index in [0.29, 0.717) is 11.3 Å². The molecule has 0 fully saturated rings. The van der Waals surface area contributed by atoms with Crippen LogP contribution in [0.1, 0.15) is 18.5 Å². The summed E-state index contributed by atoms with van der Waals surface area (Å²) in [5.41, 5.74) is -0.834. The lowest BCUT2D eigenvalue weighted by Gasteiger charge is -2.15. The molecule has 1 amide bonds. The Hall–Kier alpha value is -4.22. The minimum absolute atomic E-state index is 0.0960. The maximum Gasteiger partial charge on any atom is 0.416 e. The SMILES string of the molecule is CC(C(=O)Nc1cccc(-c2ccc(C(F)(F)F)cc2)n1)n1cnc2c1c(=O)n(C)c(=O)n2C. The van der Waals surface area contributed by atoms with E-state index < -0.39 is 34.9 Å². The molecule has 0 saturated heterocycles. The molecule has 12 heteroatoms. The second kappa shape index (κ2) is 8.28. The van der Waals surface area contributed by atoms with Crippen LogP contribution in [-0.4, -0.2) is 29.6 Å². The summed E-state index contributed by atoms with van der Waals surface area (Å²) in [6, 6.07) is 8.39. The summed E-state index contributed by atoms with van der Waals surface area (Å²) in [7, 11) is 2.81. The molecule has 0 aliphatic rings. The number of aryl methyl sites for hydroxylation is 1. The maximum atomic E-state index is 12.9. The number of carbonyl (C=O) groups excluding carboxylic acids is 1. The average molecular weight is 472 g/mol. The van der Waals surface area contributed by atoms with Crippen LogP contribution in [0.15, 0.2) is 58.4 Å². The van der Waals surface area contributed by atoms with Gasteiger partial charge in [-0.2, -0.15) is 13.2 Å². The predicted octanol–water partition coefficient (Wildman–Crippen LogP) is 2.71. The highest BCUT2D eigenvalue weighted by atomic mass is 19.4. The van der Waals surface area contributed by atoms with E-state index in [0.717, 1.165) is 16.7 Å². The molecule has 1 atom stereocenters. The van der Waals surface area contributed by atoms with Gasteiger partial charge in [-0.05, 0) is 31.2 Å². The van der Waals surface area contributed by atoms with Crippen LogP contribution in [0.3, 0.4) is 0 Å². The van der Waals surface area contributed by atoms with Crippen molar-refractivity contribution >= 4 is 22.9 Å². The quantitative estimate of drug-likeness (QED) is 0.492. The van der Waals surface area contributed by atoms with E-state index in [-0.39, 0.29) is 17.0 Å². The minimum atomic E-state index is -4.44. The molecule has 1 aromatic carbocycles. The number of nitrogens with zero attached hydrogens (tertiary/aromatic N) is 5. The van der Waals surface area contributed by atoms with Crippen molar-refractivity contribution in [1.82, 2.24) is 23.7 Å². The molecule has 4 rings (SSSR count). The molecule has 0 aliphatic heterocycles. The van der Waals surface area contributed by atoms with Crippen molar-refractivity contribution < 1.29 is 18.0 Å². The summed E-state index contributed by atoms with van der Waals surface area (Å²) in [5.74, 6) is -0.328. The Morgan fingerprint density at radius 3 is 2.35 bits per heavy atom. The summed E-state index contributed by atoms with van der Waals surface area (Å²) in [6.45, 7) is 1.56. The zero-order valence-corrected chi connectivity index (χ0v) is 18.3. The molecule has 0 bridgehead atoms. The van der Waals surface area contributed by atoms with Gasteiger partial charge in [0.1, 0.15) is 11.9 Å². The minimum Gasteiger partial charge on any atom is -0.312 e. The Morgan fingerprint density at radius 1 is 1.03 bits per heavy atom. The number of anilines is 1. The standard InChI is InChI=1S/C22H19F3N6O3/c1-12(31-11-26-18-17(31)20(33)30(3)21(34)29(18)2)19(32)28-16-6-4-5-15(27-16)13-7-9-14(10-8-13)22(23,24)25/h4-12H,1-3H3,(H,27,28,32). The number of imidazole rings is 1. The van der Waals surface area contributed by atoms with E-state index in [1.54, 1.807) is 19.1 Å².